The number of allylic oxidation sites excluding steroid dienone is 1. The van der Waals surface area contributed by atoms with E-state index in [-0.39, 0.29) is 6.42 Å². The summed E-state index contributed by atoms with van der Waals surface area (Å²) in [5.74, 6) is -0.0179. The van der Waals surface area contributed by atoms with Crippen molar-refractivity contribution in [3.63, 3.8) is 0 Å². The lowest BCUT2D eigenvalue weighted by Gasteiger charge is -2.24. The van der Waals surface area contributed by atoms with Crippen LogP contribution in [0.25, 0.3) is 11.6 Å². The number of benzene rings is 1. The number of unbranched alkanes of at least 4 members (excludes halogenated alkanes) is 2. The Labute approximate surface area is 170 Å². The van der Waals surface area contributed by atoms with E-state index in [4.69, 9.17) is 9.84 Å². The molecule has 0 saturated carbocycles. The molecule has 0 amide bonds. The van der Waals surface area contributed by atoms with Gasteiger partial charge < -0.3 is 14.7 Å². The summed E-state index contributed by atoms with van der Waals surface area (Å²) in [7, 11) is 1.63. The molecule has 0 unspecified atom stereocenters. The molecular formula is C22H27NO4S. The van der Waals surface area contributed by atoms with Crippen LogP contribution in [0.5, 0.6) is 5.75 Å². The maximum Gasteiger partial charge on any atom is 0.303 e. The lowest BCUT2D eigenvalue weighted by atomic mass is 10.1. The highest BCUT2D eigenvalue weighted by molar-refractivity contribution is 7.11. The maximum absolute atomic E-state index is 11.5. The number of anilines is 1. The zero-order chi connectivity index (χ0) is 20.4. The van der Waals surface area contributed by atoms with Crippen LogP contribution in [0, 0.1) is 0 Å². The third-order valence-electron chi connectivity index (χ3n) is 4.53. The van der Waals surface area contributed by atoms with E-state index in [1.165, 1.54) is 11.3 Å². The first-order chi connectivity index (χ1) is 13.6. The van der Waals surface area contributed by atoms with Crippen molar-refractivity contribution in [3.05, 3.63) is 46.2 Å². The Balaban J connectivity index is 2.12. The predicted octanol–water partition coefficient (Wildman–Crippen LogP) is 4.97. The van der Waals surface area contributed by atoms with Crippen molar-refractivity contribution in [3.8, 4) is 5.75 Å². The molecule has 0 spiro atoms. The van der Waals surface area contributed by atoms with E-state index in [1.54, 1.807) is 7.11 Å². The van der Waals surface area contributed by atoms with Crippen molar-refractivity contribution >= 4 is 40.9 Å². The molecule has 1 aromatic heterocycles. The number of methoxy groups -OCH3 is 1. The second kappa shape index (κ2) is 11.3. The van der Waals surface area contributed by atoms with E-state index in [1.807, 2.05) is 41.8 Å². The summed E-state index contributed by atoms with van der Waals surface area (Å²) in [5.41, 5.74) is 2.55. The molecular weight excluding hydrogens is 374 g/mol. The Bertz CT molecular complexity index is 799. The minimum atomic E-state index is -0.738. The lowest BCUT2D eigenvalue weighted by Crippen LogP contribution is -2.24. The van der Waals surface area contributed by atoms with Gasteiger partial charge in [-0.15, -0.1) is 11.3 Å². The number of carboxylic acids is 1. The molecule has 0 fully saturated rings. The zero-order valence-electron chi connectivity index (χ0n) is 16.4. The van der Waals surface area contributed by atoms with Gasteiger partial charge in [0.2, 0.25) is 0 Å². The van der Waals surface area contributed by atoms with Crippen LogP contribution in [0.3, 0.4) is 0 Å². The second-order valence-corrected chi connectivity index (χ2v) is 7.35. The predicted molar refractivity (Wildman–Crippen MR) is 115 cm³/mol. The number of aldehydes is 1. The quantitative estimate of drug-likeness (QED) is 0.309. The van der Waals surface area contributed by atoms with Crippen LogP contribution in [0.15, 0.2) is 35.7 Å². The first-order valence-electron chi connectivity index (χ1n) is 9.44. The van der Waals surface area contributed by atoms with Crippen molar-refractivity contribution in [1.29, 1.82) is 0 Å². The second-order valence-electron chi connectivity index (χ2n) is 6.41. The first kappa shape index (κ1) is 21.7. The fourth-order valence-electron chi connectivity index (χ4n) is 3.01. The highest BCUT2D eigenvalue weighted by Crippen LogP contribution is 2.30. The van der Waals surface area contributed by atoms with Crippen molar-refractivity contribution < 1.29 is 19.4 Å². The largest absolute Gasteiger partial charge is 0.496 e. The minimum Gasteiger partial charge on any atom is -0.496 e. The van der Waals surface area contributed by atoms with Gasteiger partial charge in [0.15, 0.2) is 6.29 Å². The molecule has 5 nitrogen and oxygen atoms in total. The average molecular weight is 402 g/mol. The molecule has 28 heavy (non-hydrogen) atoms. The number of hydrogen-bond donors (Lipinski definition) is 1. The van der Waals surface area contributed by atoms with Gasteiger partial charge in [-0.05, 0) is 49.4 Å². The standard InChI is InChI=1S/C22H27NO4S/c1-3-23(12-6-4-5-9-22(25)26)19-11-10-17(20(15-19)27-2)14-18(16-24)21-8-7-13-28-21/h7-8,10-11,13-16H,3-6,9,12H2,1-2H3,(H,25,26)/b18-14+. The van der Waals surface area contributed by atoms with Crippen molar-refractivity contribution in [2.24, 2.45) is 0 Å². The molecule has 150 valence electrons. The SMILES string of the molecule is CCN(CCCCCC(=O)O)c1ccc(/C=C(\C=O)c2cccs2)c(OC)c1. The topological polar surface area (TPSA) is 66.8 Å². The highest BCUT2D eigenvalue weighted by Gasteiger charge is 2.10. The summed E-state index contributed by atoms with van der Waals surface area (Å²) in [6, 6.07) is 9.84. The number of carboxylic acid groups (broad SMARTS) is 1. The number of carbonyl (C=O) groups excluding carboxylic acids is 1. The third-order valence-corrected chi connectivity index (χ3v) is 5.45. The van der Waals surface area contributed by atoms with Crippen molar-refractivity contribution in [2.45, 2.75) is 32.6 Å². The summed E-state index contributed by atoms with van der Waals surface area (Å²) in [6.45, 7) is 3.81. The van der Waals surface area contributed by atoms with Crippen LogP contribution in [-0.4, -0.2) is 37.6 Å². The summed E-state index contributed by atoms with van der Waals surface area (Å²) in [4.78, 5) is 25.3. The smallest absolute Gasteiger partial charge is 0.303 e. The number of hydrogen-bond acceptors (Lipinski definition) is 5. The van der Waals surface area contributed by atoms with Crippen molar-refractivity contribution in [2.75, 3.05) is 25.1 Å². The normalized spacial score (nSPS) is 11.3. The molecule has 0 saturated heterocycles. The van der Waals surface area contributed by atoms with Crippen LogP contribution in [-0.2, 0) is 9.59 Å². The molecule has 1 heterocycles. The van der Waals surface area contributed by atoms with Gasteiger partial charge in [0.05, 0.1) is 7.11 Å². The molecule has 0 aliphatic heterocycles. The molecule has 6 heteroatoms. The molecule has 1 N–H and O–H groups in total. The maximum atomic E-state index is 11.5. The fraction of sp³-hybridized carbons (Fsp3) is 0.364. The fourth-order valence-corrected chi connectivity index (χ4v) is 3.72. The Morgan fingerprint density at radius 3 is 2.68 bits per heavy atom. The van der Waals surface area contributed by atoms with Gasteiger partial charge >= 0.3 is 5.97 Å². The van der Waals surface area contributed by atoms with E-state index >= 15 is 0 Å². The number of rotatable bonds is 12. The molecule has 0 atom stereocenters. The molecule has 0 bridgehead atoms. The van der Waals surface area contributed by atoms with E-state index in [0.717, 1.165) is 54.1 Å². The van der Waals surface area contributed by atoms with Gasteiger partial charge in [0, 0.05) is 47.3 Å². The van der Waals surface area contributed by atoms with Crippen molar-refractivity contribution in [1.82, 2.24) is 0 Å². The molecule has 2 aromatic rings. The van der Waals surface area contributed by atoms with Gasteiger partial charge in [0.25, 0.3) is 0 Å². The van der Waals surface area contributed by atoms with Crippen LogP contribution in [0.1, 0.15) is 43.0 Å². The van der Waals surface area contributed by atoms with Gasteiger partial charge in [-0.1, -0.05) is 12.5 Å². The van der Waals surface area contributed by atoms with Gasteiger partial charge in [-0.3, -0.25) is 9.59 Å². The summed E-state index contributed by atoms with van der Waals surface area (Å²) < 4.78 is 5.56. The van der Waals surface area contributed by atoms with Gasteiger partial charge in [-0.2, -0.15) is 0 Å². The summed E-state index contributed by atoms with van der Waals surface area (Å²) in [6.07, 6.45) is 5.49. The monoisotopic (exact) mass is 401 g/mol. The Kier molecular flexibility index (Phi) is 8.75. The van der Waals surface area contributed by atoms with Crippen LogP contribution >= 0.6 is 11.3 Å². The number of thiophene rings is 1. The molecule has 0 aliphatic carbocycles. The van der Waals surface area contributed by atoms with Crippen LogP contribution < -0.4 is 9.64 Å². The Hall–Kier alpha value is -2.60. The average Bonchev–Trinajstić information content (AvgIpc) is 3.23. The van der Waals surface area contributed by atoms with Gasteiger partial charge in [-0.25, -0.2) is 0 Å². The Morgan fingerprint density at radius 2 is 2.07 bits per heavy atom. The van der Waals surface area contributed by atoms with Crippen LogP contribution in [0.2, 0.25) is 0 Å². The summed E-state index contributed by atoms with van der Waals surface area (Å²) >= 11 is 1.53. The van der Waals surface area contributed by atoms with Gasteiger partial charge in [0.1, 0.15) is 5.75 Å². The highest BCUT2D eigenvalue weighted by atomic mass is 32.1. The third kappa shape index (κ3) is 6.23. The molecule has 0 radical (unpaired) electrons. The zero-order valence-corrected chi connectivity index (χ0v) is 17.2. The van der Waals surface area contributed by atoms with Crippen LogP contribution in [0.4, 0.5) is 5.69 Å². The lowest BCUT2D eigenvalue weighted by molar-refractivity contribution is -0.137. The first-order valence-corrected chi connectivity index (χ1v) is 10.3. The summed E-state index contributed by atoms with van der Waals surface area (Å²) in [5, 5.41) is 10.7. The number of carbonyl (C=O) groups is 2. The molecule has 1 aromatic carbocycles. The van der Waals surface area contributed by atoms with E-state index in [9.17, 15) is 9.59 Å². The Morgan fingerprint density at radius 1 is 1.25 bits per heavy atom. The number of ether oxygens (including phenoxy) is 1. The molecule has 0 aliphatic rings. The molecule has 2 rings (SSSR count). The van der Waals surface area contributed by atoms with E-state index in [2.05, 4.69) is 11.8 Å². The minimum absolute atomic E-state index is 0.226. The van der Waals surface area contributed by atoms with E-state index in [0.29, 0.717) is 12.0 Å². The number of nitrogens with zero attached hydrogens (tertiary/aromatic N) is 1. The van der Waals surface area contributed by atoms with E-state index < -0.39 is 5.97 Å². The number of aliphatic carboxylic acids is 1.